The number of fused-ring (bicyclic) bond motifs is 3. The summed E-state index contributed by atoms with van der Waals surface area (Å²) in [7, 11) is 0. The zero-order chi connectivity index (χ0) is 18.4. The molecule has 6 nitrogen and oxygen atoms in total. The van der Waals surface area contributed by atoms with Crippen molar-refractivity contribution in [1.29, 1.82) is 0 Å². The van der Waals surface area contributed by atoms with Gasteiger partial charge in [-0.2, -0.15) is 5.10 Å². The molecule has 5 aromatic rings. The van der Waals surface area contributed by atoms with Gasteiger partial charge < -0.3 is 9.51 Å². The summed E-state index contributed by atoms with van der Waals surface area (Å²) < 4.78 is 1.89. The number of aromatic nitrogens is 5. The van der Waals surface area contributed by atoms with Gasteiger partial charge in [-0.1, -0.05) is 29.8 Å². The number of imidazole rings is 1. The predicted molar refractivity (Wildman–Crippen MR) is 104 cm³/mol. The van der Waals surface area contributed by atoms with Crippen LogP contribution in [0.1, 0.15) is 5.69 Å². The van der Waals surface area contributed by atoms with Crippen LogP contribution in [0, 0.1) is 0 Å². The standard InChI is InChI=1S/C20H14ClN5O/c21-16-4-2-1-3-14(16)19-18(11-27)26-6-5-17-15(20(26)25-19)7-12(8-22-17)13-9-23-24-10-13/h1-10,27H,11H2,(H,23,24). The van der Waals surface area contributed by atoms with Crippen LogP contribution in [0.4, 0.5) is 0 Å². The minimum atomic E-state index is -0.151. The molecule has 132 valence electrons. The number of hydrogen-bond donors (Lipinski definition) is 2. The molecule has 0 fully saturated rings. The molecule has 4 aromatic heterocycles. The van der Waals surface area contributed by atoms with E-state index in [1.54, 1.807) is 6.20 Å². The van der Waals surface area contributed by atoms with E-state index in [0.717, 1.165) is 33.2 Å². The summed E-state index contributed by atoms with van der Waals surface area (Å²) in [5.41, 5.74) is 5.60. The molecule has 0 saturated heterocycles. The Balaban J connectivity index is 1.83. The number of nitrogens with one attached hydrogen (secondary N) is 1. The third kappa shape index (κ3) is 2.50. The maximum Gasteiger partial charge on any atom is 0.147 e. The molecule has 0 amide bonds. The fraction of sp³-hybridized carbons (Fsp3) is 0.0500. The van der Waals surface area contributed by atoms with Crippen LogP contribution >= 0.6 is 11.6 Å². The van der Waals surface area contributed by atoms with E-state index >= 15 is 0 Å². The smallest absolute Gasteiger partial charge is 0.147 e. The summed E-state index contributed by atoms with van der Waals surface area (Å²) in [5, 5.41) is 18.3. The van der Waals surface area contributed by atoms with Crippen LogP contribution < -0.4 is 0 Å². The van der Waals surface area contributed by atoms with Crippen molar-refractivity contribution >= 4 is 28.2 Å². The quantitative estimate of drug-likeness (QED) is 0.498. The van der Waals surface area contributed by atoms with Crippen LogP contribution in [0.5, 0.6) is 0 Å². The first-order valence-corrected chi connectivity index (χ1v) is 8.78. The van der Waals surface area contributed by atoms with Crippen molar-refractivity contribution in [2.24, 2.45) is 0 Å². The van der Waals surface area contributed by atoms with Gasteiger partial charge in [0.15, 0.2) is 0 Å². The molecular formula is C20H14ClN5O. The number of aromatic amines is 1. The summed E-state index contributed by atoms with van der Waals surface area (Å²) >= 11 is 6.37. The average Bonchev–Trinajstić information content (AvgIpc) is 3.35. The molecule has 0 saturated carbocycles. The van der Waals surface area contributed by atoms with E-state index < -0.39 is 0 Å². The molecule has 0 aliphatic rings. The minimum Gasteiger partial charge on any atom is -0.390 e. The summed E-state index contributed by atoms with van der Waals surface area (Å²) in [4.78, 5) is 9.38. The molecule has 2 N–H and O–H groups in total. The van der Waals surface area contributed by atoms with E-state index in [-0.39, 0.29) is 6.61 Å². The van der Waals surface area contributed by atoms with Gasteiger partial charge in [0.05, 0.1) is 34.7 Å². The normalized spacial score (nSPS) is 11.5. The number of aliphatic hydroxyl groups excluding tert-OH is 1. The Morgan fingerprint density at radius 2 is 2.00 bits per heavy atom. The second-order valence-corrected chi connectivity index (χ2v) is 6.61. The Bertz CT molecular complexity index is 1280. The van der Waals surface area contributed by atoms with Gasteiger partial charge in [0.2, 0.25) is 0 Å². The molecule has 0 aliphatic carbocycles. The van der Waals surface area contributed by atoms with Crippen LogP contribution in [0.15, 0.2) is 61.2 Å². The van der Waals surface area contributed by atoms with Crippen molar-refractivity contribution in [2.45, 2.75) is 6.61 Å². The fourth-order valence-corrected chi connectivity index (χ4v) is 3.56. The van der Waals surface area contributed by atoms with Gasteiger partial charge in [-0.25, -0.2) is 4.98 Å². The number of aliphatic hydroxyl groups is 1. The molecule has 0 bridgehead atoms. The molecule has 0 aliphatic heterocycles. The molecule has 0 atom stereocenters. The molecule has 7 heteroatoms. The first kappa shape index (κ1) is 16.0. The van der Waals surface area contributed by atoms with Crippen molar-refractivity contribution in [2.75, 3.05) is 0 Å². The Labute approximate surface area is 159 Å². The van der Waals surface area contributed by atoms with Gasteiger partial charge in [-0.15, -0.1) is 0 Å². The van der Waals surface area contributed by atoms with Crippen molar-refractivity contribution in [3.05, 3.63) is 71.9 Å². The number of rotatable bonds is 3. The van der Waals surface area contributed by atoms with Crippen LogP contribution in [0.3, 0.4) is 0 Å². The van der Waals surface area contributed by atoms with Crippen LogP contribution in [-0.4, -0.2) is 29.7 Å². The first-order valence-electron chi connectivity index (χ1n) is 8.41. The Morgan fingerprint density at radius 1 is 1.11 bits per heavy atom. The number of hydrogen-bond acceptors (Lipinski definition) is 4. The Hall–Kier alpha value is -3.22. The van der Waals surface area contributed by atoms with E-state index in [2.05, 4.69) is 15.2 Å². The SMILES string of the molecule is OCc1c(-c2ccccc2Cl)nc2c3cc(-c4cn[nH]c4)cnc3ccn12. The number of H-pyrrole nitrogens is 1. The highest BCUT2D eigenvalue weighted by molar-refractivity contribution is 6.33. The third-order valence-electron chi connectivity index (χ3n) is 4.66. The molecule has 1 aromatic carbocycles. The first-order chi connectivity index (χ1) is 13.3. The van der Waals surface area contributed by atoms with E-state index in [1.807, 2.05) is 59.4 Å². The number of benzene rings is 1. The molecule has 4 heterocycles. The van der Waals surface area contributed by atoms with E-state index in [1.165, 1.54) is 0 Å². The summed E-state index contributed by atoms with van der Waals surface area (Å²) in [5.74, 6) is 0. The van der Waals surface area contributed by atoms with Crippen molar-refractivity contribution < 1.29 is 5.11 Å². The number of pyridine rings is 2. The Kier molecular flexibility index (Phi) is 3.67. The van der Waals surface area contributed by atoms with Crippen molar-refractivity contribution in [3.63, 3.8) is 0 Å². The fourth-order valence-electron chi connectivity index (χ4n) is 3.34. The van der Waals surface area contributed by atoms with Crippen LogP contribution in [-0.2, 0) is 6.61 Å². The van der Waals surface area contributed by atoms with Gasteiger partial charge in [0.25, 0.3) is 0 Å². The molecular weight excluding hydrogens is 362 g/mol. The maximum absolute atomic E-state index is 10.0. The summed E-state index contributed by atoms with van der Waals surface area (Å²) in [6.07, 6.45) is 7.27. The lowest BCUT2D eigenvalue weighted by atomic mass is 10.1. The second kappa shape index (κ2) is 6.19. The lowest BCUT2D eigenvalue weighted by Crippen LogP contribution is -1.95. The van der Waals surface area contributed by atoms with E-state index in [4.69, 9.17) is 16.6 Å². The highest BCUT2D eigenvalue weighted by Gasteiger charge is 2.17. The van der Waals surface area contributed by atoms with Gasteiger partial charge in [-0.05, 0) is 18.2 Å². The van der Waals surface area contributed by atoms with Gasteiger partial charge in [-0.3, -0.25) is 10.1 Å². The average molecular weight is 376 g/mol. The molecule has 0 spiro atoms. The zero-order valence-corrected chi connectivity index (χ0v) is 14.9. The largest absolute Gasteiger partial charge is 0.390 e. The third-order valence-corrected chi connectivity index (χ3v) is 4.99. The lowest BCUT2D eigenvalue weighted by Gasteiger charge is -2.05. The maximum atomic E-state index is 10.0. The molecule has 5 rings (SSSR count). The molecule has 0 unspecified atom stereocenters. The van der Waals surface area contributed by atoms with Gasteiger partial charge >= 0.3 is 0 Å². The Morgan fingerprint density at radius 3 is 2.78 bits per heavy atom. The van der Waals surface area contributed by atoms with Crippen molar-refractivity contribution in [3.8, 4) is 22.4 Å². The van der Waals surface area contributed by atoms with Gasteiger partial charge in [0.1, 0.15) is 5.65 Å². The summed E-state index contributed by atoms with van der Waals surface area (Å²) in [6, 6.07) is 11.4. The summed E-state index contributed by atoms with van der Waals surface area (Å²) in [6.45, 7) is -0.151. The van der Waals surface area contributed by atoms with Crippen molar-refractivity contribution in [1.82, 2.24) is 24.6 Å². The van der Waals surface area contributed by atoms with E-state index in [9.17, 15) is 5.11 Å². The number of halogens is 1. The monoisotopic (exact) mass is 375 g/mol. The highest BCUT2D eigenvalue weighted by Crippen LogP contribution is 2.33. The minimum absolute atomic E-state index is 0.151. The topological polar surface area (TPSA) is 79.1 Å². The predicted octanol–water partition coefficient (Wildman–Crippen LogP) is 4.09. The van der Waals surface area contributed by atoms with Crippen LogP contribution in [0.2, 0.25) is 5.02 Å². The highest BCUT2D eigenvalue weighted by atomic mass is 35.5. The molecule has 27 heavy (non-hydrogen) atoms. The molecule has 0 radical (unpaired) electrons. The number of nitrogens with zero attached hydrogens (tertiary/aromatic N) is 4. The van der Waals surface area contributed by atoms with Crippen LogP contribution in [0.25, 0.3) is 38.9 Å². The lowest BCUT2D eigenvalue weighted by molar-refractivity contribution is 0.276. The van der Waals surface area contributed by atoms with E-state index in [0.29, 0.717) is 16.4 Å². The van der Waals surface area contributed by atoms with Gasteiger partial charge in [0, 0.05) is 40.7 Å². The zero-order valence-electron chi connectivity index (χ0n) is 14.1. The second-order valence-electron chi connectivity index (χ2n) is 6.20.